The second-order valence-corrected chi connectivity index (χ2v) is 4.94. The van der Waals surface area contributed by atoms with E-state index in [1.807, 2.05) is 12.1 Å². The monoisotopic (exact) mass is 287 g/mol. The first kappa shape index (κ1) is 13.8. The Morgan fingerprint density at radius 1 is 1.52 bits per heavy atom. The first-order valence-corrected chi connectivity index (χ1v) is 6.93. The number of hydrogen-bond acceptors (Lipinski definition) is 5. The van der Waals surface area contributed by atoms with Crippen molar-refractivity contribution in [1.29, 1.82) is 0 Å². The lowest BCUT2D eigenvalue weighted by molar-refractivity contribution is -0.133. The molecule has 6 heteroatoms. The maximum atomic E-state index is 12.0. The van der Waals surface area contributed by atoms with Crippen molar-refractivity contribution in [3.05, 3.63) is 36.0 Å². The molecule has 1 amide bonds. The number of pyridine rings is 1. The van der Waals surface area contributed by atoms with Crippen LogP contribution in [0.5, 0.6) is 0 Å². The van der Waals surface area contributed by atoms with Gasteiger partial charge in [0.25, 0.3) is 0 Å². The molecule has 0 aromatic carbocycles. The molecule has 0 bridgehead atoms. The Kier molecular flexibility index (Phi) is 3.96. The van der Waals surface area contributed by atoms with Gasteiger partial charge in [0.15, 0.2) is 0 Å². The van der Waals surface area contributed by atoms with Crippen molar-refractivity contribution < 1.29 is 13.9 Å². The van der Waals surface area contributed by atoms with Gasteiger partial charge in [0, 0.05) is 32.5 Å². The summed E-state index contributed by atoms with van der Waals surface area (Å²) in [6.45, 7) is 1.61. The van der Waals surface area contributed by atoms with Crippen molar-refractivity contribution in [3.8, 4) is 11.5 Å². The van der Waals surface area contributed by atoms with Gasteiger partial charge in [0.05, 0.1) is 25.1 Å². The highest BCUT2D eigenvalue weighted by molar-refractivity contribution is 5.76. The zero-order chi connectivity index (χ0) is 14.7. The zero-order valence-corrected chi connectivity index (χ0v) is 11.9. The zero-order valence-electron chi connectivity index (χ0n) is 11.9. The van der Waals surface area contributed by atoms with Crippen LogP contribution >= 0.6 is 0 Å². The summed E-state index contributed by atoms with van der Waals surface area (Å²) in [7, 11) is 1.60. The van der Waals surface area contributed by atoms with Gasteiger partial charge in [-0.15, -0.1) is 0 Å². The predicted molar refractivity (Wildman–Crippen MR) is 75.3 cm³/mol. The van der Waals surface area contributed by atoms with Crippen LogP contribution in [0.3, 0.4) is 0 Å². The molecule has 6 nitrogen and oxygen atoms in total. The Labute approximate surface area is 122 Å². The van der Waals surface area contributed by atoms with Crippen LogP contribution in [0.15, 0.2) is 28.9 Å². The van der Waals surface area contributed by atoms with Crippen molar-refractivity contribution in [2.24, 2.45) is 0 Å². The Bertz CT molecular complexity index is 624. The largest absolute Gasteiger partial charge is 0.441 e. The molecule has 3 rings (SSSR count). The summed E-state index contributed by atoms with van der Waals surface area (Å²) < 4.78 is 10.7. The lowest BCUT2D eigenvalue weighted by Crippen LogP contribution is -2.36. The van der Waals surface area contributed by atoms with Gasteiger partial charge < -0.3 is 14.1 Å². The van der Waals surface area contributed by atoms with Crippen LogP contribution in [-0.4, -0.2) is 41.0 Å². The predicted octanol–water partition coefficient (Wildman–Crippen LogP) is 1.66. The van der Waals surface area contributed by atoms with E-state index >= 15 is 0 Å². The van der Waals surface area contributed by atoms with Gasteiger partial charge >= 0.3 is 0 Å². The molecule has 0 radical (unpaired) electrons. The minimum atomic E-state index is 0.0911. The van der Waals surface area contributed by atoms with Crippen molar-refractivity contribution in [3.63, 3.8) is 0 Å². The number of amides is 1. The average Bonchev–Trinajstić information content (AvgIpc) is 2.96. The van der Waals surface area contributed by atoms with Crippen LogP contribution in [0.1, 0.15) is 17.9 Å². The van der Waals surface area contributed by atoms with E-state index in [1.54, 1.807) is 24.4 Å². The van der Waals surface area contributed by atoms with Crippen LogP contribution in [0.25, 0.3) is 11.5 Å². The van der Waals surface area contributed by atoms with E-state index < -0.39 is 0 Å². The Hall–Kier alpha value is -2.21. The van der Waals surface area contributed by atoms with Crippen LogP contribution < -0.4 is 0 Å². The van der Waals surface area contributed by atoms with Gasteiger partial charge in [-0.25, -0.2) is 4.98 Å². The van der Waals surface area contributed by atoms with Gasteiger partial charge in [-0.3, -0.25) is 9.78 Å². The van der Waals surface area contributed by atoms with E-state index in [-0.39, 0.29) is 5.91 Å². The molecule has 0 unspecified atom stereocenters. The first-order chi connectivity index (χ1) is 10.3. The molecule has 0 atom stereocenters. The molecule has 21 heavy (non-hydrogen) atoms. The van der Waals surface area contributed by atoms with Gasteiger partial charge in [-0.1, -0.05) is 0 Å². The van der Waals surface area contributed by atoms with E-state index in [0.29, 0.717) is 38.4 Å². The molecule has 2 aromatic rings. The summed E-state index contributed by atoms with van der Waals surface area (Å²) >= 11 is 0. The molecule has 0 saturated heterocycles. The van der Waals surface area contributed by atoms with E-state index in [9.17, 15) is 4.79 Å². The molecule has 3 heterocycles. The topological polar surface area (TPSA) is 68.5 Å². The molecule has 2 aromatic heterocycles. The summed E-state index contributed by atoms with van der Waals surface area (Å²) in [6.07, 6.45) is 4.53. The van der Waals surface area contributed by atoms with Crippen LogP contribution in [0, 0.1) is 0 Å². The van der Waals surface area contributed by atoms with E-state index in [0.717, 1.165) is 17.0 Å². The third-order valence-corrected chi connectivity index (χ3v) is 3.51. The molecular formula is C15H17N3O3. The SMILES string of the molecule is COCCC(=O)N1CCc2oc(-c3cccnc3)nc2C1. The molecular weight excluding hydrogens is 270 g/mol. The van der Waals surface area contributed by atoms with Gasteiger partial charge in [-0.2, -0.15) is 0 Å². The van der Waals surface area contributed by atoms with E-state index in [1.165, 1.54) is 0 Å². The molecule has 1 aliphatic heterocycles. The number of methoxy groups -OCH3 is 1. The lowest BCUT2D eigenvalue weighted by atomic mass is 10.1. The summed E-state index contributed by atoms with van der Waals surface area (Å²) in [5.74, 6) is 1.53. The molecule has 110 valence electrons. The number of hydrogen-bond donors (Lipinski definition) is 0. The summed E-state index contributed by atoms with van der Waals surface area (Å²) in [5.41, 5.74) is 1.69. The molecule has 0 saturated carbocycles. The van der Waals surface area contributed by atoms with Crippen LogP contribution in [0.2, 0.25) is 0 Å². The lowest BCUT2D eigenvalue weighted by Gasteiger charge is -2.25. The molecule has 0 N–H and O–H groups in total. The molecule has 0 fully saturated rings. The number of aromatic nitrogens is 2. The van der Waals surface area contributed by atoms with E-state index in [2.05, 4.69) is 9.97 Å². The maximum absolute atomic E-state index is 12.0. The quantitative estimate of drug-likeness (QED) is 0.855. The second kappa shape index (κ2) is 6.05. The normalized spacial score (nSPS) is 14.0. The van der Waals surface area contributed by atoms with Crippen molar-refractivity contribution in [1.82, 2.24) is 14.9 Å². The van der Waals surface area contributed by atoms with E-state index in [4.69, 9.17) is 9.15 Å². The Morgan fingerprint density at radius 3 is 3.19 bits per heavy atom. The van der Waals surface area contributed by atoms with Crippen LogP contribution in [0.4, 0.5) is 0 Å². The fourth-order valence-corrected chi connectivity index (χ4v) is 2.37. The number of ether oxygens (including phenoxy) is 1. The third kappa shape index (κ3) is 2.95. The maximum Gasteiger partial charge on any atom is 0.228 e. The van der Waals surface area contributed by atoms with Gasteiger partial charge in [-0.05, 0) is 12.1 Å². The highest BCUT2D eigenvalue weighted by atomic mass is 16.5. The first-order valence-electron chi connectivity index (χ1n) is 6.93. The second-order valence-electron chi connectivity index (χ2n) is 4.94. The number of carbonyl (C=O) groups is 1. The minimum Gasteiger partial charge on any atom is -0.441 e. The number of oxazole rings is 1. The van der Waals surface area contributed by atoms with Gasteiger partial charge in [0.2, 0.25) is 11.8 Å². The molecule has 1 aliphatic rings. The molecule has 0 aliphatic carbocycles. The Morgan fingerprint density at radius 2 is 2.43 bits per heavy atom. The van der Waals surface area contributed by atoms with Crippen molar-refractivity contribution >= 4 is 5.91 Å². The van der Waals surface area contributed by atoms with Crippen LogP contribution in [-0.2, 0) is 22.5 Å². The standard InChI is InChI=1S/C15H17N3O3/c1-20-8-5-14(19)18-7-4-13-12(10-18)17-15(21-13)11-3-2-6-16-9-11/h2-3,6,9H,4-5,7-8,10H2,1H3. The minimum absolute atomic E-state index is 0.0911. The molecule has 0 spiro atoms. The number of nitrogens with zero attached hydrogens (tertiary/aromatic N) is 3. The number of rotatable bonds is 4. The highest BCUT2D eigenvalue weighted by Gasteiger charge is 2.25. The van der Waals surface area contributed by atoms with Crippen molar-refractivity contribution in [2.75, 3.05) is 20.3 Å². The Balaban J connectivity index is 1.75. The number of fused-ring (bicyclic) bond motifs is 1. The van der Waals surface area contributed by atoms with Crippen molar-refractivity contribution in [2.45, 2.75) is 19.4 Å². The fraction of sp³-hybridized carbons (Fsp3) is 0.400. The van der Waals surface area contributed by atoms with Gasteiger partial charge in [0.1, 0.15) is 11.5 Å². The smallest absolute Gasteiger partial charge is 0.228 e. The average molecular weight is 287 g/mol. The fourth-order valence-electron chi connectivity index (χ4n) is 2.37. The summed E-state index contributed by atoms with van der Waals surface area (Å²) in [5, 5.41) is 0. The summed E-state index contributed by atoms with van der Waals surface area (Å²) in [4.78, 5) is 22.4. The third-order valence-electron chi connectivity index (χ3n) is 3.51. The summed E-state index contributed by atoms with van der Waals surface area (Å²) in [6, 6.07) is 3.75. The highest BCUT2D eigenvalue weighted by Crippen LogP contribution is 2.25. The number of carbonyl (C=O) groups excluding carboxylic acids is 1.